The monoisotopic (exact) mass is 404 g/mol. The maximum absolute atomic E-state index is 12.6. The van der Waals surface area contributed by atoms with Gasteiger partial charge in [-0.2, -0.15) is 0 Å². The summed E-state index contributed by atoms with van der Waals surface area (Å²) in [7, 11) is 0. The lowest BCUT2D eigenvalue weighted by Gasteiger charge is -2.22. The Bertz CT molecular complexity index is 858. The zero-order valence-electron chi connectivity index (χ0n) is 16.5. The van der Waals surface area contributed by atoms with Gasteiger partial charge in [0.2, 0.25) is 5.78 Å². The van der Waals surface area contributed by atoms with E-state index in [1.165, 1.54) is 0 Å². The molecular formula is C21H25ClN2O4. The molecule has 7 heteroatoms. The molecule has 0 aliphatic rings. The van der Waals surface area contributed by atoms with E-state index in [0.717, 1.165) is 11.4 Å². The van der Waals surface area contributed by atoms with Crippen LogP contribution in [0.4, 0.5) is 0 Å². The Kier molecular flexibility index (Phi) is 7.40. The van der Waals surface area contributed by atoms with Crippen molar-refractivity contribution >= 4 is 29.3 Å². The molecule has 2 aromatic rings. The normalized spacial score (nSPS) is 12.9. The molecule has 0 bridgehead atoms. The number of H-pyrrole nitrogens is 1. The first-order valence-corrected chi connectivity index (χ1v) is 9.53. The zero-order valence-corrected chi connectivity index (χ0v) is 17.2. The van der Waals surface area contributed by atoms with Crippen LogP contribution in [0.15, 0.2) is 30.3 Å². The van der Waals surface area contributed by atoms with Crippen molar-refractivity contribution in [2.24, 2.45) is 5.92 Å². The topological polar surface area (TPSA) is 88.3 Å². The maximum Gasteiger partial charge on any atom is 0.329 e. The molecule has 2 rings (SSSR count). The van der Waals surface area contributed by atoms with Gasteiger partial charge < -0.3 is 15.0 Å². The summed E-state index contributed by atoms with van der Waals surface area (Å²) in [5.74, 6) is -1.48. The number of hydrogen-bond acceptors (Lipinski definition) is 4. The summed E-state index contributed by atoms with van der Waals surface area (Å²) in [5.41, 5.74) is 2.48. The van der Waals surface area contributed by atoms with Crippen molar-refractivity contribution in [3.8, 4) is 0 Å². The van der Waals surface area contributed by atoms with Gasteiger partial charge >= 0.3 is 5.97 Å². The molecule has 1 amide bonds. The number of nitrogens with one attached hydrogen (secondary N) is 2. The van der Waals surface area contributed by atoms with E-state index in [9.17, 15) is 14.4 Å². The number of carbonyl (C=O) groups excluding carboxylic acids is 3. The number of ketones is 1. The first kappa shape index (κ1) is 21.7. The van der Waals surface area contributed by atoms with Gasteiger partial charge in [-0.05, 0) is 50.1 Å². The number of ether oxygens (including phenoxy) is 1. The van der Waals surface area contributed by atoms with E-state index >= 15 is 0 Å². The van der Waals surface area contributed by atoms with E-state index in [2.05, 4.69) is 10.3 Å². The summed E-state index contributed by atoms with van der Waals surface area (Å²) >= 11 is 5.84. The average Bonchev–Trinajstić information content (AvgIpc) is 3.01. The van der Waals surface area contributed by atoms with E-state index in [1.54, 1.807) is 37.3 Å². The Morgan fingerprint density at radius 1 is 1.18 bits per heavy atom. The highest BCUT2D eigenvalue weighted by molar-refractivity contribution is 6.30. The van der Waals surface area contributed by atoms with Crippen LogP contribution in [-0.2, 0) is 9.53 Å². The van der Waals surface area contributed by atoms with Crippen molar-refractivity contribution in [2.75, 3.05) is 6.61 Å². The van der Waals surface area contributed by atoms with Gasteiger partial charge in [0.25, 0.3) is 5.91 Å². The van der Waals surface area contributed by atoms with Gasteiger partial charge in [0.05, 0.1) is 0 Å². The van der Waals surface area contributed by atoms with Gasteiger partial charge in [-0.25, -0.2) is 4.79 Å². The van der Waals surface area contributed by atoms with Gasteiger partial charge in [0, 0.05) is 27.5 Å². The number of rotatable bonds is 8. The number of benzene rings is 1. The second kappa shape index (κ2) is 9.55. The Hall–Kier alpha value is -2.60. The molecule has 150 valence electrons. The van der Waals surface area contributed by atoms with Gasteiger partial charge in [-0.15, -0.1) is 0 Å². The number of esters is 1. The number of aromatic amines is 1. The summed E-state index contributed by atoms with van der Waals surface area (Å²) in [5, 5.41) is 3.23. The van der Waals surface area contributed by atoms with Gasteiger partial charge in [0.15, 0.2) is 6.61 Å². The fourth-order valence-corrected chi connectivity index (χ4v) is 2.94. The molecule has 2 N–H and O–H groups in total. The lowest BCUT2D eigenvalue weighted by atomic mass is 9.98. The third-order valence-electron chi connectivity index (χ3n) is 4.66. The van der Waals surface area contributed by atoms with Crippen LogP contribution < -0.4 is 5.32 Å². The van der Waals surface area contributed by atoms with Crippen molar-refractivity contribution in [1.82, 2.24) is 10.3 Å². The Labute approximate surface area is 169 Å². The summed E-state index contributed by atoms with van der Waals surface area (Å²) in [6.07, 6.45) is 0.657. The number of hydrogen-bond donors (Lipinski definition) is 2. The van der Waals surface area contributed by atoms with Crippen molar-refractivity contribution in [1.29, 1.82) is 0 Å². The van der Waals surface area contributed by atoms with Gasteiger partial charge in [-0.1, -0.05) is 31.9 Å². The average molecular weight is 405 g/mol. The van der Waals surface area contributed by atoms with Crippen LogP contribution in [0, 0.1) is 19.8 Å². The fraction of sp³-hybridized carbons (Fsp3) is 0.381. The summed E-state index contributed by atoms with van der Waals surface area (Å²) in [6.45, 7) is 7.02. The Morgan fingerprint density at radius 2 is 1.82 bits per heavy atom. The highest BCUT2D eigenvalue weighted by Gasteiger charge is 2.28. The van der Waals surface area contributed by atoms with Crippen molar-refractivity contribution in [3.05, 3.63) is 57.9 Å². The minimum absolute atomic E-state index is 0.157. The molecule has 28 heavy (non-hydrogen) atoms. The number of carbonyl (C=O) groups is 3. The number of halogens is 1. The molecule has 0 radical (unpaired) electrons. The molecule has 0 aliphatic carbocycles. The second-order valence-corrected chi connectivity index (χ2v) is 7.30. The number of aromatic nitrogens is 1. The third-order valence-corrected chi connectivity index (χ3v) is 4.91. The molecule has 2 atom stereocenters. The first-order valence-electron chi connectivity index (χ1n) is 9.15. The van der Waals surface area contributed by atoms with Crippen molar-refractivity contribution in [3.63, 3.8) is 0 Å². The first-order chi connectivity index (χ1) is 13.2. The molecule has 6 nitrogen and oxygen atoms in total. The molecule has 1 aromatic heterocycles. The lowest BCUT2D eigenvalue weighted by molar-refractivity contribution is -0.146. The summed E-state index contributed by atoms with van der Waals surface area (Å²) < 4.78 is 5.23. The minimum Gasteiger partial charge on any atom is -0.456 e. The van der Waals surface area contributed by atoms with E-state index in [0.29, 0.717) is 22.6 Å². The Balaban J connectivity index is 2.04. The van der Waals surface area contributed by atoms with Crippen LogP contribution in [0.1, 0.15) is 52.4 Å². The number of Topliss-reactive ketones (excluding diaryl/α,β-unsaturated/α-hetero) is 1. The molecular weight excluding hydrogens is 380 g/mol. The standard InChI is InChI=1S/C21H25ClN2O4/c1-5-12(2)19(24-20(26)15-6-8-16(22)9-7-15)21(27)28-11-18(25)17-10-13(3)23-14(17)4/h6-10,12,19,23H,5,11H2,1-4H3,(H,24,26)/t12-,19-/m0/s1. The predicted octanol–water partition coefficient (Wildman–Crippen LogP) is 3.86. The van der Waals surface area contributed by atoms with Crippen molar-refractivity contribution < 1.29 is 19.1 Å². The fourth-order valence-electron chi connectivity index (χ4n) is 2.81. The van der Waals surface area contributed by atoms with Gasteiger partial charge in [-0.3, -0.25) is 9.59 Å². The molecule has 0 unspecified atom stereocenters. The van der Waals surface area contributed by atoms with Crippen LogP contribution >= 0.6 is 11.6 Å². The van der Waals surface area contributed by atoms with E-state index in [4.69, 9.17) is 16.3 Å². The molecule has 1 aromatic carbocycles. The number of aryl methyl sites for hydroxylation is 2. The zero-order chi connectivity index (χ0) is 20.8. The van der Waals surface area contributed by atoms with Crippen LogP contribution in [0.25, 0.3) is 0 Å². The quantitative estimate of drug-likeness (QED) is 0.516. The van der Waals surface area contributed by atoms with Gasteiger partial charge in [0.1, 0.15) is 6.04 Å². The number of amides is 1. The molecule has 1 heterocycles. The second-order valence-electron chi connectivity index (χ2n) is 6.87. The smallest absolute Gasteiger partial charge is 0.329 e. The summed E-state index contributed by atoms with van der Waals surface area (Å²) in [6, 6.07) is 7.24. The molecule has 0 saturated carbocycles. The molecule has 0 aliphatic heterocycles. The van der Waals surface area contributed by atoms with E-state index < -0.39 is 17.9 Å². The van der Waals surface area contributed by atoms with Crippen molar-refractivity contribution in [2.45, 2.75) is 40.2 Å². The van der Waals surface area contributed by atoms with E-state index in [1.807, 2.05) is 20.8 Å². The Morgan fingerprint density at radius 3 is 2.36 bits per heavy atom. The minimum atomic E-state index is -0.852. The highest BCUT2D eigenvalue weighted by Crippen LogP contribution is 2.14. The third kappa shape index (κ3) is 5.45. The van der Waals surface area contributed by atoms with Crippen LogP contribution in [0.3, 0.4) is 0 Å². The largest absolute Gasteiger partial charge is 0.456 e. The van der Waals surface area contributed by atoms with Crippen LogP contribution in [0.2, 0.25) is 5.02 Å². The molecule has 0 spiro atoms. The molecule has 0 fully saturated rings. The highest BCUT2D eigenvalue weighted by atomic mass is 35.5. The predicted molar refractivity (Wildman–Crippen MR) is 108 cm³/mol. The summed E-state index contributed by atoms with van der Waals surface area (Å²) in [4.78, 5) is 40.4. The maximum atomic E-state index is 12.6. The van der Waals surface area contributed by atoms with Crippen LogP contribution in [0.5, 0.6) is 0 Å². The SMILES string of the molecule is CC[C@H](C)[C@H](NC(=O)c1ccc(Cl)cc1)C(=O)OCC(=O)c1cc(C)[nH]c1C. The van der Waals surface area contributed by atoms with E-state index in [-0.39, 0.29) is 18.3 Å². The lowest BCUT2D eigenvalue weighted by Crippen LogP contribution is -2.46. The van der Waals surface area contributed by atoms with Crippen LogP contribution in [-0.4, -0.2) is 35.3 Å². The molecule has 0 saturated heterocycles.